The molecule has 2 aromatic rings. The SMILES string of the molecule is C=C(CN(CC)CC)C(=O)CC[C@H](CC1CCCCC1)NC(=O)[C@@H](CC(=O)NC)Cc1nc2ccc(C(C)C)cc2s1. The maximum Gasteiger partial charge on any atom is 0.224 e. The molecule has 1 fully saturated rings. The molecular formula is C34H52N4O3S. The van der Waals surface area contributed by atoms with E-state index < -0.39 is 5.92 Å². The molecule has 3 rings (SSSR count). The molecule has 1 heterocycles. The number of amides is 2. The number of rotatable bonds is 17. The fourth-order valence-corrected chi connectivity index (χ4v) is 7.01. The van der Waals surface area contributed by atoms with E-state index in [4.69, 9.17) is 4.98 Å². The number of hydrogen-bond donors (Lipinski definition) is 2. The maximum atomic E-state index is 13.8. The van der Waals surface area contributed by atoms with Crippen LogP contribution in [-0.4, -0.2) is 60.2 Å². The average Bonchev–Trinajstić information content (AvgIpc) is 3.39. The van der Waals surface area contributed by atoms with Crippen molar-refractivity contribution >= 4 is 39.2 Å². The quantitative estimate of drug-likeness (QED) is 0.206. The smallest absolute Gasteiger partial charge is 0.224 e. The lowest BCUT2D eigenvalue weighted by Crippen LogP contribution is -2.42. The van der Waals surface area contributed by atoms with E-state index in [1.165, 1.54) is 37.7 Å². The Hall–Kier alpha value is -2.58. The molecule has 2 N–H and O–H groups in total. The van der Waals surface area contributed by atoms with Crippen molar-refractivity contribution < 1.29 is 14.4 Å². The summed E-state index contributed by atoms with van der Waals surface area (Å²) < 4.78 is 1.11. The number of benzene rings is 1. The van der Waals surface area contributed by atoms with Crippen LogP contribution in [0.5, 0.6) is 0 Å². The van der Waals surface area contributed by atoms with Crippen molar-refractivity contribution in [2.24, 2.45) is 11.8 Å². The van der Waals surface area contributed by atoms with Crippen LogP contribution < -0.4 is 10.6 Å². The molecule has 232 valence electrons. The van der Waals surface area contributed by atoms with E-state index in [0.717, 1.165) is 34.7 Å². The van der Waals surface area contributed by atoms with Crippen molar-refractivity contribution in [3.8, 4) is 0 Å². The van der Waals surface area contributed by atoms with Crippen molar-refractivity contribution in [3.63, 3.8) is 0 Å². The predicted molar refractivity (Wildman–Crippen MR) is 174 cm³/mol. The molecule has 1 saturated carbocycles. The van der Waals surface area contributed by atoms with Gasteiger partial charge in [0.2, 0.25) is 11.8 Å². The highest BCUT2D eigenvalue weighted by molar-refractivity contribution is 7.18. The Kier molecular flexibility index (Phi) is 13.6. The highest BCUT2D eigenvalue weighted by Gasteiger charge is 2.28. The lowest BCUT2D eigenvalue weighted by molar-refractivity contribution is -0.130. The first-order valence-corrected chi connectivity index (χ1v) is 16.8. The normalized spacial score (nSPS) is 15.6. The summed E-state index contributed by atoms with van der Waals surface area (Å²) in [5.74, 6) is 0.226. The van der Waals surface area contributed by atoms with Gasteiger partial charge in [-0.25, -0.2) is 4.98 Å². The van der Waals surface area contributed by atoms with Crippen LogP contribution in [0.1, 0.15) is 102 Å². The summed E-state index contributed by atoms with van der Waals surface area (Å²) in [5.41, 5.74) is 2.82. The van der Waals surface area contributed by atoms with Crippen LogP contribution in [0.3, 0.4) is 0 Å². The molecule has 2 atom stereocenters. The Morgan fingerprint density at radius 2 is 1.83 bits per heavy atom. The van der Waals surface area contributed by atoms with Crippen LogP contribution in [0, 0.1) is 11.8 Å². The number of Topliss-reactive ketones (excluding diaryl/α,β-unsaturated/α-hetero) is 1. The summed E-state index contributed by atoms with van der Waals surface area (Å²) in [7, 11) is 1.60. The summed E-state index contributed by atoms with van der Waals surface area (Å²) in [6, 6.07) is 6.23. The Morgan fingerprint density at radius 3 is 2.48 bits per heavy atom. The van der Waals surface area contributed by atoms with E-state index in [1.807, 2.05) is 6.07 Å². The first-order valence-electron chi connectivity index (χ1n) is 16.0. The summed E-state index contributed by atoms with van der Waals surface area (Å²) in [6.07, 6.45) is 8.39. The second-order valence-electron chi connectivity index (χ2n) is 12.2. The summed E-state index contributed by atoms with van der Waals surface area (Å²) in [4.78, 5) is 46.3. The highest BCUT2D eigenvalue weighted by atomic mass is 32.1. The molecule has 8 heteroatoms. The van der Waals surface area contributed by atoms with Gasteiger partial charge in [-0.1, -0.05) is 72.4 Å². The lowest BCUT2D eigenvalue weighted by Gasteiger charge is -2.28. The molecule has 0 spiro atoms. The fourth-order valence-electron chi connectivity index (χ4n) is 5.91. The molecule has 1 aliphatic rings. The van der Waals surface area contributed by atoms with Gasteiger partial charge in [-0.15, -0.1) is 11.3 Å². The van der Waals surface area contributed by atoms with Crippen LogP contribution >= 0.6 is 11.3 Å². The number of hydrogen-bond acceptors (Lipinski definition) is 6. The second kappa shape index (κ2) is 16.9. The minimum atomic E-state index is -0.530. The molecule has 0 saturated heterocycles. The minimum Gasteiger partial charge on any atom is -0.359 e. The molecule has 0 radical (unpaired) electrons. The average molecular weight is 597 g/mol. The number of nitrogens with zero attached hydrogens (tertiary/aromatic N) is 2. The van der Waals surface area contributed by atoms with E-state index in [0.29, 0.717) is 43.2 Å². The van der Waals surface area contributed by atoms with Gasteiger partial charge >= 0.3 is 0 Å². The third kappa shape index (κ3) is 10.3. The van der Waals surface area contributed by atoms with Crippen LogP contribution in [0.25, 0.3) is 10.2 Å². The Balaban J connectivity index is 1.73. The van der Waals surface area contributed by atoms with Crippen LogP contribution in [-0.2, 0) is 20.8 Å². The van der Waals surface area contributed by atoms with Crippen molar-refractivity contribution in [1.82, 2.24) is 20.5 Å². The van der Waals surface area contributed by atoms with E-state index in [-0.39, 0.29) is 30.1 Å². The molecule has 0 bridgehead atoms. The number of nitrogens with one attached hydrogen (secondary N) is 2. The molecule has 1 aromatic carbocycles. The monoisotopic (exact) mass is 596 g/mol. The van der Waals surface area contributed by atoms with Crippen molar-refractivity contribution in [3.05, 3.63) is 40.9 Å². The molecule has 1 aliphatic carbocycles. The van der Waals surface area contributed by atoms with Crippen molar-refractivity contribution in [1.29, 1.82) is 0 Å². The van der Waals surface area contributed by atoms with Crippen molar-refractivity contribution in [2.45, 2.75) is 104 Å². The highest BCUT2D eigenvalue weighted by Crippen LogP contribution is 2.30. The fraction of sp³-hybridized carbons (Fsp3) is 0.647. The summed E-state index contributed by atoms with van der Waals surface area (Å²) in [5, 5.41) is 6.84. The van der Waals surface area contributed by atoms with Gasteiger partial charge in [-0.05, 0) is 55.5 Å². The maximum absolute atomic E-state index is 13.8. The zero-order valence-corrected chi connectivity index (χ0v) is 27.3. The Bertz CT molecular complexity index is 1200. The van der Waals surface area contributed by atoms with Crippen LogP contribution in [0.2, 0.25) is 0 Å². The Labute approximate surface area is 256 Å². The van der Waals surface area contributed by atoms with E-state index in [1.54, 1.807) is 18.4 Å². The first kappa shape index (κ1) is 33.9. The van der Waals surface area contributed by atoms with Crippen LogP contribution in [0.15, 0.2) is 30.4 Å². The largest absolute Gasteiger partial charge is 0.359 e. The van der Waals surface area contributed by atoms with Gasteiger partial charge in [-0.3, -0.25) is 19.3 Å². The summed E-state index contributed by atoms with van der Waals surface area (Å²) >= 11 is 1.60. The van der Waals surface area contributed by atoms with Crippen LogP contribution in [0.4, 0.5) is 0 Å². The van der Waals surface area contributed by atoms with Gasteiger partial charge in [0.1, 0.15) is 0 Å². The van der Waals surface area contributed by atoms with Gasteiger partial charge in [-0.2, -0.15) is 0 Å². The number of carbonyl (C=O) groups excluding carboxylic acids is 3. The molecule has 0 aliphatic heterocycles. The topological polar surface area (TPSA) is 91.4 Å². The lowest BCUT2D eigenvalue weighted by atomic mass is 9.83. The zero-order valence-electron chi connectivity index (χ0n) is 26.5. The number of fused-ring (bicyclic) bond motifs is 1. The van der Waals surface area contributed by atoms with Gasteiger partial charge in [0.05, 0.1) is 21.1 Å². The molecule has 0 unspecified atom stereocenters. The second-order valence-corrected chi connectivity index (χ2v) is 13.4. The third-order valence-corrected chi connectivity index (χ3v) is 9.78. The number of aromatic nitrogens is 1. The molecule has 42 heavy (non-hydrogen) atoms. The number of ketones is 1. The van der Waals surface area contributed by atoms with Gasteiger partial charge < -0.3 is 10.6 Å². The van der Waals surface area contributed by atoms with E-state index >= 15 is 0 Å². The van der Waals surface area contributed by atoms with Gasteiger partial charge in [0, 0.05) is 44.5 Å². The zero-order chi connectivity index (χ0) is 30.6. The predicted octanol–water partition coefficient (Wildman–Crippen LogP) is 6.42. The van der Waals surface area contributed by atoms with E-state index in [9.17, 15) is 14.4 Å². The molecular weight excluding hydrogens is 544 g/mol. The molecule has 1 aromatic heterocycles. The van der Waals surface area contributed by atoms with Gasteiger partial charge in [0.25, 0.3) is 0 Å². The van der Waals surface area contributed by atoms with Crippen molar-refractivity contribution in [2.75, 3.05) is 26.7 Å². The van der Waals surface area contributed by atoms with E-state index in [2.05, 4.69) is 61.9 Å². The molecule has 2 amide bonds. The first-order chi connectivity index (χ1) is 20.1. The standard InChI is InChI=1S/C34H52N4O3S/c1-7-38(8-2)22-24(5)30(39)17-15-28(18-25-12-10-9-11-13-25)36-34(41)27(20-32(40)35-6)21-33-37-29-16-14-26(23(3)4)19-31(29)42-33/h14,16,19,23,25,27-28H,5,7-13,15,17-18,20-22H2,1-4,6H3,(H,35,40)(H,36,41)/t27-,28+/m0/s1. The summed E-state index contributed by atoms with van der Waals surface area (Å²) in [6.45, 7) is 14.9. The third-order valence-electron chi connectivity index (χ3n) is 8.74. The van der Waals surface area contributed by atoms with Gasteiger partial charge in [0.15, 0.2) is 5.78 Å². The number of carbonyl (C=O) groups is 3. The number of likely N-dealkylation sites (N-methyl/N-ethyl adjacent to an activating group) is 1. The molecule has 7 nitrogen and oxygen atoms in total. The number of thiazole rings is 1. The Morgan fingerprint density at radius 1 is 1.12 bits per heavy atom. The minimum absolute atomic E-state index is 0.0712.